The third kappa shape index (κ3) is 8.73. The molecule has 31 heavy (non-hydrogen) atoms. The number of nitriles is 1. The van der Waals surface area contributed by atoms with Crippen molar-refractivity contribution >= 4 is 16.2 Å². The van der Waals surface area contributed by atoms with Crippen LogP contribution in [0.2, 0.25) is 0 Å². The van der Waals surface area contributed by atoms with E-state index in [2.05, 4.69) is 10.3 Å². The molecule has 172 valence electrons. The number of rotatable bonds is 9. The molecule has 1 amide bonds. The van der Waals surface area contributed by atoms with Gasteiger partial charge in [-0.15, -0.1) is 0 Å². The van der Waals surface area contributed by atoms with E-state index < -0.39 is 21.8 Å². The summed E-state index contributed by atoms with van der Waals surface area (Å²) in [5.74, 6) is 0.160. The van der Waals surface area contributed by atoms with Crippen molar-refractivity contribution in [2.24, 2.45) is 5.92 Å². The minimum absolute atomic E-state index is 0.0420. The maximum absolute atomic E-state index is 12.4. The number of carbonyl (C=O) groups excluding carboxylic acids is 1. The lowest BCUT2D eigenvalue weighted by Crippen LogP contribution is -2.35. The third-order valence-corrected chi connectivity index (χ3v) is 5.04. The molecule has 0 aliphatic carbocycles. The van der Waals surface area contributed by atoms with E-state index in [-0.39, 0.29) is 38.3 Å². The summed E-state index contributed by atoms with van der Waals surface area (Å²) >= 11 is 0. The van der Waals surface area contributed by atoms with Crippen LogP contribution in [0.15, 0.2) is 24.3 Å². The molecule has 0 spiro atoms. The molecule has 1 fully saturated rings. The van der Waals surface area contributed by atoms with Crippen LogP contribution in [0, 0.1) is 17.2 Å². The van der Waals surface area contributed by atoms with E-state index in [1.807, 2.05) is 39.0 Å². The number of nitrogens with zero attached hydrogens (tertiary/aromatic N) is 2. The predicted molar refractivity (Wildman–Crippen MR) is 113 cm³/mol. The Labute approximate surface area is 184 Å². The molecule has 1 saturated heterocycles. The molecule has 10 heteroatoms. The second-order valence-electron chi connectivity index (χ2n) is 8.29. The average molecular weight is 455 g/mol. The Kier molecular flexibility index (Phi) is 8.68. The van der Waals surface area contributed by atoms with E-state index in [4.69, 9.17) is 14.2 Å². The van der Waals surface area contributed by atoms with Gasteiger partial charge >= 0.3 is 6.09 Å². The topological polar surface area (TPSA) is 115 Å². The van der Waals surface area contributed by atoms with Crippen LogP contribution in [0.1, 0.15) is 32.3 Å². The predicted octanol–water partition coefficient (Wildman–Crippen LogP) is 2.53. The second kappa shape index (κ2) is 10.8. The fourth-order valence-electron chi connectivity index (χ4n) is 3.15. The molecule has 1 aliphatic rings. The van der Waals surface area contributed by atoms with Crippen LogP contribution in [0.3, 0.4) is 0 Å². The molecule has 1 heterocycles. The number of benzene rings is 1. The lowest BCUT2D eigenvalue weighted by atomic mass is 9.90. The van der Waals surface area contributed by atoms with Crippen LogP contribution in [-0.4, -0.2) is 70.8 Å². The van der Waals surface area contributed by atoms with E-state index in [0.29, 0.717) is 18.8 Å². The highest BCUT2D eigenvalue weighted by atomic mass is 32.2. The molecular weight excluding hydrogens is 424 g/mol. The van der Waals surface area contributed by atoms with Gasteiger partial charge in [0.2, 0.25) is 0 Å². The largest absolute Gasteiger partial charge is 0.491 e. The molecule has 1 aromatic carbocycles. The van der Waals surface area contributed by atoms with Gasteiger partial charge in [0.05, 0.1) is 38.1 Å². The molecule has 0 N–H and O–H groups in total. The third-order valence-electron chi connectivity index (χ3n) is 4.45. The molecule has 0 saturated carbocycles. The number of likely N-dealkylation sites (tertiary alicyclic amines) is 1. The summed E-state index contributed by atoms with van der Waals surface area (Å²) in [6.07, 6.45) is 0.566. The van der Waals surface area contributed by atoms with Crippen molar-refractivity contribution in [1.82, 2.24) is 4.90 Å². The van der Waals surface area contributed by atoms with Crippen LogP contribution in [0.25, 0.3) is 0 Å². The lowest BCUT2D eigenvalue weighted by Gasteiger charge is -2.24. The van der Waals surface area contributed by atoms with Crippen molar-refractivity contribution in [3.63, 3.8) is 0 Å². The quantitative estimate of drug-likeness (QED) is 0.413. The van der Waals surface area contributed by atoms with Crippen LogP contribution >= 0.6 is 0 Å². The first-order valence-corrected chi connectivity index (χ1v) is 11.8. The normalized spacial score (nSPS) is 19.1. The molecule has 2 rings (SSSR count). The van der Waals surface area contributed by atoms with Crippen molar-refractivity contribution in [2.45, 2.75) is 32.3 Å². The lowest BCUT2D eigenvalue weighted by molar-refractivity contribution is 0.0289. The molecule has 0 aromatic heterocycles. The maximum Gasteiger partial charge on any atom is 0.410 e. The van der Waals surface area contributed by atoms with E-state index >= 15 is 0 Å². The van der Waals surface area contributed by atoms with E-state index in [1.54, 1.807) is 11.0 Å². The molecule has 1 aliphatic heterocycles. The minimum atomic E-state index is -3.46. The Bertz CT molecular complexity index is 890. The summed E-state index contributed by atoms with van der Waals surface area (Å²) in [4.78, 5) is 14.0. The van der Waals surface area contributed by atoms with Crippen LogP contribution < -0.4 is 4.74 Å². The smallest absolute Gasteiger partial charge is 0.410 e. The Morgan fingerprint density at radius 1 is 1.19 bits per heavy atom. The molecule has 0 unspecified atom stereocenters. The highest BCUT2D eigenvalue weighted by Gasteiger charge is 2.38. The SMILES string of the molecule is CC(C)(C)OC(=O)N1C[C@@H](C#N)[C@H](c2cccc(OCCOCCOS(C)(=O)=O)c2)C1. The van der Waals surface area contributed by atoms with Crippen LogP contribution in [0.4, 0.5) is 4.79 Å². The number of hydrogen-bond donors (Lipinski definition) is 0. The number of carbonyl (C=O) groups is 1. The van der Waals surface area contributed by atoms with Crippen molar-refractivity contribution in [3.8, 4) is 11.8 Å². The Hall–Kier alpha value is -2.35. The fraction of sp³-hybridized carbons (Fsp3) is 0.619. The van der Waals surface area contributed by atoms with Crippen molar-refractivity contribution < 1.29 is 31.6 Å². The van der Waals surface area contributed by atoms with Gasteiger partial charge in [0.15, 0.2) is 0 Å². The summed E-state index contributed by atoms with van der Waals surface area (Å²) in [7, 11) is -3.46. The van der Waals surface area contributed by atoms with Gasteiger partial charge in [0, 0.05) is 19.0 Å². The summed E-state index contributed by atoms with van der Waals surface area (Å²) < 4.78 is 42.7. The molecule has 9 nitrogen and oxygen atoms in total. The average Bonchev–Trinajstić information content (AvgIpc) is 3.10. The van der Waals surface area contributed by atoms with Crippen molar-refractivity contribution in [2.75, 3.05) is 45.8 Å². The summed E-state index contributed by atoms with van der Waals surface area (Å²) in [5, 5.41) is 9.57. The van der Waals surface area contributed by atoms with Crippen LogP contribution in [-0.2, 0) is 23.8 Å². The standard InChI is InChI=1S/C21H30N2O7S/c1-21(2,3)30-20(24)23-14-17(13-22)19(15-23)16-6-5-7-18(12-16)28-10-8-27-9-11-29-31(4,25)26/h5-7,12,17,19H,8-11,14-15H2,1-4H3/t17-,19+/m1/s1. The summed E-state index contributed by atoms with van der Waals surface area (Å²) in [6.45, 7) is 6.80. The molecule has 2 atom stereocenters. The van der Waals surface area contributed by atoms with Crippen LogP contribution in [0.5, 0.6) is 5.75 Å². The number of ether oxygens (including phenoxy) is 3. The van der Waals surface area contributed by atoms with E-state index in [0.717, 1.165) is 11.8 Å². The first kappa shape index (κ1) is 24.9. The monoisotopic (exact) mass is 454 g/mol. The van der Waals surface area contributed by atoms with Gasteiger partial charge in [-0.05, 0) is 38.5 Å². The van der Waals surface area contributed by atoms with Gasteiger partial charge < -0.3 is 19.1 Å². The van der Waals surface area contributed by atoms with Gasteiger partial charge in [-0.25, -0.2) is 4.79 Å². The van der Waals surface area contributed by atoms with Gasteiger partial charge in [-0.1, -0.05) is 12.1 Å². The number of amides is 1. The Morgan fingerprint density at radius 2 is 1.90 bits per heavy atom. The highest BCUT2D eigenvalue weighted by molar-refractivity contribution is 7.85. The second-order valence-corrected chi connectivity index (χ2v) is 9.93. The molecule has 1 aromatic rings. The zero-order chi connectivity index (χ0) is 23.1. The van der Waals surface area contributed by atoms with Gasteiger partial charge in [0.25, 0.3) is 10.1 Å². The maximum atomic E-state index is 12.4. The van der Waals surface area contributed by atoms with Gasteiger partial charge in [-0.3, -0.25) is 4.18 Å². The van der Waals surface area contributed by atoms with Gasteiger partial charge in [0.1, 0.15) is 18.0 Å². The van der Waals surface area contributed by atoms with Crippen molar-refractivity contribution in [1.29, 1.82) is 5.26 Å². The minimum Gasteiger partial charge on any atom is -0.491 e. The zero-order valence-corrected chi connectivity index (χ0v) is 19.2. The first-order valence-electron chi connectivity index (χ1n) is 10.0. The summed E-state index contributed by atoms with van der Waals surface area (Å²) in [6, 6.07) is 9.72. The van der Waals surface area contributed by atoms with Crippen molar-refractivity contribution in [3.05, 3.63) is 29.8 Å². The Morgan fingerprint density at radius 3 is 2.55 bits per heavy atom. The summed E-state index contributed by atoms with van der Waals surface area (Å²) in [5.41, 5.74) is 0.321. The molecule has 0 bridgehead atoms. The zero-order valence-electron chi connectivity index (χ0n) is 18.4. The fourth-order valence-corrected chi connectivity index (χ4v) is 3.52. The number of hydrogen-bond acceptors (Lipinski definition) is 8. The molecule has 0 radical (unpaired) electrons. The molecular formula is C21H30N2O7S. The van der Waals surface area contributed by atoms with E-state index in [9.17, 15) is 18.5 Å². The van der Waals surface area contributed by atoms with E-state index in [1.165, 1.54) is 0 Å². The first-order chi connectivity index (χ1) is 14.5. The highest BCUT2D eigenvalue weighted by Crippen LogP contribution is 2.34. The van der Waals surface area contributed by atoms with Gasteiger partial charge in [-0.2, -0.15) is 13.7 Å². The Balaban J connectivity index is 1.87.